The maximum atomic E-state index is 11.2. The third kappa shape index (κ3) is 4.04. The van der Waals surface area contributed by atoms with Crippen LogP contribution >= 0.6 is 0 Å². The zero-order valence-corrected chi connectivity index (χ0v) is 12.9. The molecule has 1 rings (SSSR count). The number of aliphatic carboxylic acids is 1. The third-order valence-electron chi connectivity index (χ3n) is 2.77. The van der Waals surface area contributed by atoms with E-state index in [-0.39, 0.29) is 11.8 Å². The van der Waals surface area contributed by atoms with E-state index in [1.807, 2.05) is 41.8 Å². The lowest BCUT2D eigenvalue weighted by molar-refractivity contribution is -0.138. The van der Waals surface area contributed by atoms with Crippen molar-refractivity contribution in [3.8, 4) is 0 Å². The van der Waals surface area contributed by atoms with Crippen LogP contribution in [0.3, 0.4) is 0 Å². The Hall–Kier alpha value is -1.92. The number of rotatable bonds is 6. The Labute approximate surface area is 119 Å². The minimum atomic E-state index is -0.919. The number of anilines is 2. The Morgan fingerprint density at radius 2 is 1.75 bits per heavy atom. The second-order valence-electron chi connectivity index (χ2n) is 5.57. The highest BCUT2D eigenvalue weighted by atomic mass is 16.4. The van der Waals surface area contributed by atoms with E-state index in [9.17, 15) is 9.90 Å². The van der Waals surface area contributed by atoms with Gasteiger partial charge < -0.3 is 15.3 Å². The molecule has 0 aromatic carbocycles. The van der Waals surface area contributed by atoms with Gasteiger partial charge in [0.05, 0.1) is 0 Å². The summed E-state index contributed by atoms with van der Waals surface area (Å²) in [6.45, 7) is 7.64. The Balaban J connectivity index is 3.13. The van der Waals surface area contributed by atoms with Crippen molar-refractivity contribution in [1.82, 2.24) is 15.0 Å². The normalized spacial score (nSPS) is 12.6. The fraction of sp³-hybridized carbons (Fsp3) is 0.692. The summed E-state index contributed by atoms with van der Waals surface area (Å²) >= 11 is 0. The number of aromatic nitrogens is 3. The van der Waals surface area contributed by atoms with E-state index in [2.05, 4.69) is 20.3 Å². The van der Waals surface area contributed by atoms with Crippen molar-refractivity contribution in [2.45, 2.75) is 39.7 Å². The van der Waals surface area contributed by atoms with Crippen molar-refractivity contribution in [3.05, 3.63) is 5.82 Å². The summed E-state index contributed by atoms with van der Waals surface area (Å²) in [7, 11) is 3.67. The second kappa shape index (κ2) is 6.49. The molecule has 0 radical (unpaired) electrons. The van der Waals surface area contributed by atoms with Crippen molar-refractivity contribution in [1.29, 1.82) is 0 Å². The molecule has 1 aromatic rings. The zero-order chi connectivity index (χ0) is 15.4. The molecule has 7 heteroatoms. The van der Waals surface area contributed by atoms with Gasteiger partial charge in [0.1, 0.15) is 11.9 Å². The van der Waals surface area contributed by atoms with Crippen LogP contribution < -0.4 is 10.2 Å². The van der Waals surface area contributed by atoms with E-state index in [1.165, 1.54) is 0 Å². The molecule has 0 fully saturated rings. The van der Waals surface area contributed by atoms with Gasteiger partial charge in [0.25, 0.3) is 0 Å². The quantitative estimate of drug-likeness (QED) is 0.818. The van der Waals surface area contributed by atoms with E-state index in [4.69, 9.17) is 0 Å². The largest absolute Gasteiger partial charge is 0.480 e. The molecule has 0 amide bonds. The molecule has 2 N–H and O–H groups in total. The van der Waals surface area contributed by atoms with Gasteiger partial charge in [-0.25, -0.2) is 4.79 Å². The smallest absolute Gasteiger partial charge is 0.326 e. The highest BCUT2D eigenvalue weighted by Gasteiger charge is 2.23. The Morgan fingerprint density at radius 3 is 2.15 bits per heavy atom. The van der Waals surface area contributed by atoms with Crippen LogP contribution in [0, 0.1) is 5.92 Å². The average molecular weight is 281 g/mol. The summed E-state index contributed by atoms with van der Waals surface area (Å²) in [5, 5.41) is 12.1. The van der Waals surface area contributed by atoms with Crippen LogP contribution in [0.2, 0.25) is 0 Å². The number of hydrogen-bond donors (Lipinski definition) is 2. The topological polar surface area (TPSA) is 91.2 Å². The van der Waals surface area contributed by atoms with Gasteiger partial charge in [0, 0.05) is 20.0 Å². The van der Waals surface area contributed by atoms with Gasteiger partial charge in [0.15, 0.2) is 0 Å². The molecule has 1 heterocycles. The van der Waals surface area contributed by atoms with Gasteiger partial charge in [-0.1, -0.05) is 27.7 Å². The SMILES string of the molecule is CC(C)c1nc(N[C@@H](C(=O)O)C(C)C)nc(N(C)C)n1. The fourth-order valence-corrected chi connectivity index (χ4v) is 1.56. The number of nitrogens with one attached hydrogen (secondary N) is 1. The van der Waals surface area contributed by atoms with Crippen molar-refractivity contribution in [2.24, 2.45) is 5.92 Å². The first kappa shape index (κ1) is 16.1. The van der Waals surface area contributed by atoms with Crippen LogP contribution in [-0.4, -0.2) is 46.2 Å². The summed E-state index contributed by atoms with van der Waals surface area (Å²) in [6.07, 6.45) is 0. The molecule has 0 aliphatic carbocycles. The van der Waals surface area contributed by atoms with Gasteiger partial charge in [-0.15, -0.1) is 0 Å². The lowest BCUT2D eigenvalue weighted by Gasteiger charge is -2.20. The molecule has 0 unspecified atom stereocenters. The van der Waals surface area contributed by atoms with Crippen molar-refractivity contribution in [2.75, 3.05) is 24.3 Å². The molecular formula is C13H23N5O2. The predicted octanol–water partition coefficient (Wildman–Crippen LogP) is 1.58. The maximum Gasteiger partial charge on any atom is 0.326 e. The van der Waals surface area contributed by atoms with E-state index in [0.717, 1.165) is 0 Å². The summed E-state index contributed by atoms with van der Waals surface area (Å²) in [5.74, 6) is 0.596. The number of hydrogen-bond acceptors (Lipinski definition) is 6. The van der Waals surface area contributed by atoms with Gasteiger partial charge in [0.2, 0.25) is 11.9 Å². The predicted molar refractivity (Wildman–Crippen MR) is 78.1 cm³/mol. The van der Waals surface area contributed by atoms with Gasteiger partial charge >= 0.3 is 5.97 Å². The van der Waals surface area contributed by atoms with Crippen LogP contribution in [0.4, 0.5) is 11.9 Å². The summed E-state index contributed by atoms with van der Waals surface area (Å²) in [5.41, 5.74) is 0. The lowest BCUT2D eigenvalue weighted by Crippen LogP contribution is -2.35. The van der Waals surface area contributed by atoms with Crippen molar-refractivity contribution >= 4 is 17.9 Å². The summed E-state index contributed by atoms with van der Waals surface area (Å²) < 4.78 is 0. The first-order valence-electron chi connectivity index (χ1n) is 6.65. The van der Waals surface area contributed by atoms with Crippen LogP contribution in [-0.2, 0) is 4.79 Å². The van der Waals surface area contributed by atoms with E-state index in [1.54, 1.807) is 4.90 Å². The standard InChI is InChI=1S/C13H23N5O2/c1-7(2)9(11(19)20)14-12-15-10(8(3)4)16-13(17-12)18(5)6/h7-9H,1-6H3,(H,19,20)(H,14,15,16,17)/t9-/m1/s1. The van der Waals surface area contributed by atoms with Gasteiger partial charge in [-0.3, -0.25) is 0 Å². The highest BCUT2D eigenvalue weighted by Crippen LogP contribution is 2.16. The van der Waals surface area contributed by atoms with Crippen LogP contribution in [0.1, 0.15) is 39.4 Å². The number of carbonyl (C=O) groups is 1. The number of carboxylic acids is 1. The molecule has 0 saturated heterocycles. The van der Waals surface area contributed by atoms with Crippen LogP contribution in [0.15, 0.2) is 0 Å². The highest BCUT2D eigenvalue weighted by molar-refractivity contribution is 5.76. The van der Waals surface area contributed by atoms with E-state index >= 15 is 0 Å². The molecule has 0 bridgehead atoms. The van der Waals surface area contributed by atoms with Gasteiger partial charge in [-0.2, -0.15) is 15.0 Å². The molecular weight excluding hydrogens is 258 g/mol. The first-order valence-corrected chi connectivity index (χ1v) is 6.65. The molecule has 0 spiro atoms. The van der Waals surface area contributed by atoms with Crippen molar-refractivity contribution < 1.29 is 9.90 Å². The molecule has 112 valence electrons. The van der Waals surface area contributed by atoms with Crippen LogP contribution in [0.5, 0.6) is 0 Å². The van der Waals surface area contributed by atoms with Crippen LogP contribution in [0.25, 0.3) is 0 Å². The molecule has 1 aromatic heterocycles. The molecule has 0 aliphatic heterocycles. The maximum absolute atomic E-state index is 11.2. The van der Waals surface area contributed by atoms with Gasteiger partial charge in [-0.05, 0) is 5.92 Å². The average Bonchev–Trinajstić information content (AvgIpc) is 2.34. The lowest BCUT2D eigenvalue weighted by atomic mass is 10.1. The molecule has 20 heavy (non-hydrogen) atoms. The van der Waals surface area contributed by atoms with E-state index < -0.39 is 12.0 Å². The number of nitrogens with zero attached hydrogens (tertiary/aromatic N) is 4. The second-order valence-corrected chi connectivity index (χ2v) is 5.57. The summed E-state index contributed by atoms with van der Waals surface area (Å²) in [6, 6.07) is -0.729. The van der Waals surface area contributed by atoms with E-state index in [0.29, 0.717) is 17.7 Å². The summed E-state index contributed by atoms with van der Waals surface area (Å²) in [4.78, 5) is 25.9. The minimum absolute atomic E-state index is 0.0745. The zero-order valence-electron chi connectivity index (χ0n) is 12.9. The molecule has 1 atom stereocenters. The number of carboxylic acid groups (broad SMARTS) is 1. The Kier molecular flexibility index (Phi) is 5.24. The third-order valence-corrected chi connectivity index (χ3v) is 2.77. The monoisotopic (exact) mass is 281 g/mol. The minimum Gasteiger partial charge on any atom is -0.480 e. The Morgan fingerprint density at radius 1 is 1.15 bits per heavy atom. The molecule has 0 saturated carbocycles. The Bertz CT molecular complexity index is 448. The molecule has 7 nitrogen and oxygen atoms in total. The first-order chi connectivity index (χ1) is 9.22. The molecule has 0 aliphatic rings. The van der Waals surface area contributed by atoms with Crippen molar-refractivity contribution in [3.63, 3.8) is 0 Å². The fourth-order valence-electron chi connectivity index (χ4n) is 1.56.